The molecule has 6 heteroatoms. The van der Waals surface area contributed by atoms with Gasteiger partial charge in [0.25, 0.3) is 0 Å². The predicted octanol–water partition coefficient (Wildman–Crippen LogP) is 2.34. The van der Waals surface area contributed by atoms with E-state index in [1.54, 1.807) is 17.0 Å². The fourth-order valence-electron chi connectivity index (χ4n) is 2.36. The van der Waals surface area contributed by atoms with Gasteiger partial charge < -0.3 is 15.2 Å². The summed E-state index contributed by atoms with van der Waals surface area (Å²) in [6, 6.07) is 7.28. The largest absolute Gasteiger partial charge is 0.443 e. The topological polar surface area (TPSA) is 68.0 Å². The Morgan fingerprint density at radius 3 is 2.43 bits per heavy atom. The zero-order valence-electron chi connectivity index (χ0n) is 14.2. The van der Waals surface area contributed by atoms with E-state index in [-0.39, 0.29) is 6.09 Å². The molecule has 0 unspecified atom stereocenters. The lowest BCUT2D eigenvalue weighted by Crippen LogP contribution is -2.44. The quantitative estimate of drug-likeness (QED) is 0.862. The zero-order chi connectivity index (χ0) is 16.9. The summed E-state index contributed by atoms with van der Waals surface area (Å²) in [7, 11) is 0. The van der Waals surface area contributed by atoms with Crippen LogP contribution in [0.15, 0.2) is 24.3 Å². The summed E-state index contributed by atoms with van der Waals surface area (Å²) in [5.74, 6) is 0. The normalized spacial score (nSPS) is 16.1. The number of hydrogen-bond acceptors (Lipinski definition) is 5. The molecule has 0 bridgehead atoms. The standard InChI is InChI=1S/C17H27N3O3/c1-17(2,3)23-16(21)20(15-6-4-14(18)5-7-15)9-8-19-10-12-22-13-11-19/h4-7H,8-13,18H2,1-3H3. The van der Waals surface area contributed by atoms with Crippen molar-refractivity contribution in [1.82, 2.24) is 4.90 Å². The molecule has 1 aliphatic rings. The number of carbonyl (C=O) groups is 1. The first-order valence-corrected chi connectivity index (χ1v) is 8.01. The summed E-state index contributed by atoms with van der Waals surface area (Å²) in [6.07, 6.45) is -0.337. The molecule has 0 atom stereocenters. The van der Waals surface area contributed by atoms with Crippen LogP contribution in [-0.2, 0) is 9.47 Å². The molecule has 1 saturated heterocycles. The van der Waals surface area contributed by atoms with Crippen molar-refractivity contribution in [2.75, 3.05) is 50.0 Å². The average Bonchev–Trinajstić information content (AvgIpc) is 2.48. The molecule has 2 N–H and O–H groups in total. The molecule has 0 spiro atoms. The smallest absolute Gasteiger partial charge is 0.414 e. The first kappa shape index (κ1) is 17.6. The molecule has 0 aromatic heterocycles. The summed E-state index contributed by atoms with van der Waals surface area (Å²) in [5, 5.41) is 0. The van der Waals surface area contributed by atoms with Crippen LogP contribution in [0.25, 0.3) is 0 Å². The van der Waals surface area contributed by atoms with Crippen molar-refractivity contribution in [1.29, 1.82) is 0 Å². The van der Waals surface area contributed by atoms with Gasteiger partial charge in [0.05, 0.1) is 13.2 Å². The van der Waals surface area contributed by atoms with E-state index in [0.717, 1.165) is 38.5 Å². The number of morpholine rings is 1. The van der Waals surface area contributed by atoms with Crippen molar-refractivity contribution in [2.45, 2.75) is 26.4 Å². The molecule has 1 amide bonds. The summed E-state index contributed by atoms with van der Waals surface area (Å²) in [6.45, 7) is 10.2. The lowest BCUT2D eigenvalue weighted by molar-refractivity contribution is 0.0375. The molecular weight excluding hydrogens is 294 g/mol. The fourth-order valence-corrected chi connectivity index (χ4v) is 2.36. The van der Waals surface area contributed by atoms with Gasteiger partial charge in [-0.25, -0.2) is 4.79 Å². The van der Waals surface area contributed by atoms with Crippen molar-refractivity contribution in [3.8, 4) is 0 Å². The molecule has 1 aromatic rings. The van der Waals surface area contributed by atoms with Crippen molar-refractivity contribution in [3.05, 3.63) is 24.3 Å². The van der Waals surface area contributed by atoms with Gasteiger partial charge in [-0.15, -0.1) is 0 Å². The van der Waals surface area contributed by atoms with Gasteiger partial charge in [-0.1, -0.05) is 0 Å². The minimum absolute atomic E-state index is 0.337. The van der Waals surface area contributed by atoms with Crippen molar-refractivity contribution < 1.29 is 14.3 Å². The lowest BCUT2D eigenvalue weighted by atomic mass is 10.2. The summed E-state index contributed by atoms with van der Waals surface area (Å²) in [5.41, 5.74) is 6.68. The molecule has 0 radical (unpaired) electrons. The number of hydrogen-bond donors (Lipinski definition) is 1. The van der Waals surface area contributed by atoms with E-state index in [0.29, 0.717) is 12.2 Å². The maximum absolute atomic E-state index is 12.5. The number of rotatable bonds is 4. The number of nitrogens with zero attached hydrogens (tertiary/aromatic N) is 2. The molecule has 1 aromatic carbocycles. The Labute approximate surface area is 138 Å². The van der Waals surface area contributed by atoms with Gasteiger partial charge in [-0.05, 0) is 45.0 Å². The number of amides is 1. The Morgan fingerprint density at radius 2 is 1.87 bits per heavy atom. The van der Waals surface area contributed by atoms with Crippen LogP contribution >= 0.6 is 0 Å². The van der Waals surface area contributed by atoms with Crippen LogP contribution in [0.2, 0.25) is 0 Å². The highest BCUT2D eigenvalue weighted by atomic mass is 16.6. The van der Waals surface area contributed by atoms with Crippen molar-refractivity contribution >= 4 is 17.5 Å². The first-order valence-electron chi connectivity index (χ1n) is 8.01. The molecule has 0 saturated carbocycles. The number of nitrogen functional groups attached to an aromatic ring is 1. The number of benzene rings is 1. The Morgan fingerprint density at radius 1 is 1.26 bits per heavy atom. The van der Waals surface area contributed by atoms with E-state index >= 15 is 0 Å². The van der Waals surface area contributed by atoms with Gasteiger partial charge >= 0.3 is 6.09 Å². The Balaban J connectivity index is 2.06. The molecule has 128 valence electrons. The van der Waals surface area contributed by atoms with E-state index < -0.39 is 5.60 Å². The van der Waals surface area contributed by atoms with Gasteiger partial charge in [-0.3, -0.25) is 9.80 Å². The van der Waals surface area contributed by atoms with Gasteiger partial charge in [0.15, 0.2) is 0 Å². The Kier molecular flexibility index (Phi) is 5.85. The second-order valence-electron chi connectivity index (χ2n) is 6.68. The van der Waals surface area contributed by atoms with Crippen molar-refractivity contribution in [3.63, 3.8) is 0 Å². The highest BCUT2D eigenvalue weighted by Crippen LogP contribution is 2.20. The van der Waals surface area contributed by atoms with Crippen LogP contribution < -0.4 is 10.6 Å². The number of anilines is 2. The molecule has 1 heterocycles. The molecular formula is C17H27N3O3. The van der Waals surface area contributed by atoms with Crippen LogP contribution in [0.5, 0.6) is 0 Å². The number of nitrogens with two attached hydrogens (primary N) is 1. The molecule has 23 heavy (non-hydrogen) atoms. The van der Waals surface area contributed by atoms with Gasteiger partial charge in [0, 0.05) is 37.6 Å². The molecule has 1 aliphatic heterocycles. The third kappa shape index (κ3) is 5.73. The third-order valence-corrected chi connectivity index (χ3v) is 3.56. The molecule has 6 nitrogen and oxygen atoms in total. The Bertz CT molecular complexity index is 505. The van der Waals surface area contributed by atoms with Crippen LogP contribution in [0.3, 0.4) is 0 Å². The van der Waals surface area contributed by atoms with Crippen LogP contribution in [0, 0.1) is 0 Å². The monoisotopic (exact) mass is 321 g/mol. The highest BCUT2D eigenvalue weighted by Gasteiger charge is 2.24. The third-order valence-electron chi connectivity index (χ3n) is 3.56. The maximum atomic E-state index is 12.5. The SMILES string of the molecule is CC(C)(C)OC(=O)N(CCN1CCOCC1)c1ccc(N)cc1. The van der Waals surface area contributed by atoms with Gasteiger partial charge in [0.2, 0.25) is 0 Å². The summed E-state index contributed by atoms with van der Waals surface area (Å²) in [4.78, 5) is 16.5. The van der Waals surface area contributed by atoms with E-state index in [4.69, 9.17) is 15.2 Å². The zero-order valence-corrected chi connectivity index (χ0v) is 14.2. The van der Waals surface area contributed by atoms with E-state index in [2.05, 4.69) is 4.90 Å². The van der Waals surface area contributed by atoms with Crippen LogP contribution in [-0.4, -0.2) is 56.0 Å². The van der Waals surface area contributed by atoms with Gasteiger partial charge in [0.1, 0.15) is 5.60 Å². The maximum Gasteiger partial charge on any atom is 0.414 e. The molecule has 0 aliphatic carbocycles. The number of carbonyl (C=O) groups excluding carboxylic acids is 1. The predicted molar refractivity (Wildman–Crippen MR) is 91.7 cm³/mol. The summed E-state index contributed by atoms with van der Waals surface area (Å²) < 4.78 is 10.9. The summed E-state index contributed by atoms with van der Waals surface area (Å²) >= 11 is 0. The Hall–Kier alpha value is -1.79. The van der Waals surface area contributed by atoms with Gasteiger partial charge in [-0.2, -0.15) is 0 Å². The molecule has 1 fully saturated rings. The van der Waals surface area contributed by atoms with E-state index in [9.17, 15) is 4.79 Å². The number of ether oxygens (including phenoxy) is 2. The highest BCUT2D eigenvalue weighted by molar-refractivity contribution is 5.88. The first-order chi connectivity index (χ1) is 10.8. The fraction of sp³-hybridized carbons (Fsp3) is 0.588. The average molecular weight is 321 g/mol. The van der Waals surface area contributed by atoms with E-state index in [1.807, 2.05) is 32.9 Å². The van der Waals surface area contributed by atoms with Crippen molar-refractivity contribution in [2.24, 2.45) is 0 Å². The second kappa shape index (κ2) is 7.66. The second-order valence-corrected chi connectivity index (χ2v) is 6.68. The minimum atomic E-state index is -0.526. The molecule has 2 rings (SSSR count). The lowest BCUT2D eigenvalue weighted by Gasteiger charge is -2.31. The van der Waals surface area contributed by atoms with Crippen LogP contribution in [0.4, 0.5) is 16.2 Å². The van der Waals surface area contributed by atoms with E-state index in [1.165, 1.54) is 0 Å². The van der Waals surface area contributed by atoms with Crippen LogP contribution in [0.1, 0.15) is 20.8 Å². The minimum Gasteiger partial charge on any atom is -0.443 e.